The lowest BCUT2D eigenvalue weighted by atomic mass is 9.96. The fourth-order valence-corrected chi connectivity index (χ4v) is 1.92. The molecule has 0 fully saturated rings. The van der Waals surface area contributed by atoms with Crippen molar-refractivity contribution in [3.63, 3.8) is 0 Å². The molecule has 0 radical (unpaired) electrons. The molecular formula is C15H25NO3. The number of benzene rings is 1. The summed E-state index contributed by atoms with van der Waals surface area (Å²) < 4.78 is 10.6. The average Bonchev–Trinajstić information content (AvgIpc) is 2.40. The monoisotopic (exact) mass is 267 g/mol. The van der Waals surface area contributed by atoms with Gasteiger partial charge in [0.1, 0.15) is 0 Å². The molecule has 1 rings (SSSR count). The van der Waals surface area contributed by atoms with E-state index in [-0.39, 0.29) is 12.5 Å². The summed E-state index contributed by atoms with van der Waals surface area (Å²) in [6, 6.07) is 3.88. The Hall–Kier alpha value is -1.42. The summed E-state index contributed by atoms with van der Waals surface area (Å²) in [6.07, 6.45) is 0. The Morgan fingerprint density at radius 2 is 1.74 bits per heavy atom. The van der Waals surface area contributed by atoms with Gasteiger partial charge in [0.05, 0.1) is 14.2 Å². The number of rotatable bonds is 7. The van der Waals surface area contributed by atoms with Crippen molar-refractivity contribution < 1.29 is 14.6 Å². The number of aryl methyl sites for hydroxylation is 1. The maximum atomic E-state index is 9.34. The van der Waals surface area contributed by atoms with Gasteiger partial charge in [0.2, 0.25) is 0 Å². The molecule has 0 aliphatic rings. The first-order chi connectivity index (χ1) is 9.03. The predicted octanol–water partition coefficient (Wildman–Crippen LogP) is 2.69. The summed E-state index contributed by atoms with van der Waals surface area (Å²) in [5.74, 6) is 2.12. The van der Waals surface area contributed by atoms with E-state index in [1.807, 2.05) is 19.1 Å². The van der Waals surface area contributed by atoms with Crippen molar-refractivity contribution >= 4 is 5.69 Å². The SMILES string of the molecule is COc1cc(C)c(NCC(CO)C(C)C)cc1OC. The molecule has 4 nitrogen and oxygen atoms in total. The summed E-state index contributed by atoms with van der Waals surface area (Å²) in [4.78, 5) is 0. The molecule has 0 aliphatic carbocycles. The summed E-state index contributed by atoms with van der Waals surface area (Å²) in [5, 5.41) is 12.7. The molecule has 1 aromatic rings. The highest BCUT2D eigenvalue weighted by atomic mass is 16.5. The third-order valence-corrected chi connectivity index (χ3v) is 3.46. The van der Waals surface area contributed by atoms with Crippen LogP contribution in [0.15, 0.2) is 12.1 Å². The zero-order chi connectivity index (χ0) is 14.4. The molecule has 1 atom stereocenters. The first-order valence-corrected chi connectivity index (χ1v) is 6.60. The highest BCUT2D eigenvalue weighted by molar-refractivity contribution is 5.60. The standard InChI is InChI=1S/C15H25NO3/c1-10(2)12(9-17)8-16-13-7-15(19-5)14(18-4)6-11(13)3/h6-7,10,12,16-17H,8-9H2,1-5H3. The van der Waals surface area contributed by atoms with E-state index >= 15 is 0 Å². The number of anilines is 1. The fourth-order valence-electron chi connectivity index (χ4n) is 1.92. The van der Waals surface area contributed by atoms with Gasteiger partial charge in [-0.3, -0.25) is 0 Å². The smallest absolute Gasteiger partial charge is 0.162 e. The number of aliphatic hydroxyl groups excluding tert-OH is 1. The van der Waals surface area contributed by atoms with E-state index in [1.165, 1.54) is 0 Å². The summed E-state index contributed by atoms with van der Waals surface area (Å²) in [5.41, 5.74) is 2.11. The number of ether oxygens (including phenoxy) is 2. The summed E-state index contributed by atoms with van der Waals surface area (Å²) in [7, 11) is 3.26. The fraction of sp³-hybridized carbons (Fsp3) is 0.600. The van der Waals surface area contributed by atoms with Crippen LogP contribution in [0.5, 0.6) is 11.5 Å². The van der Waals surface area contributed by atoms with Crippen LogP contribution in [0.3, 0.4) is 0 Å². The largest absolute Gasteiger partial charge is 0.493 e. The average molecular weight is 267 g/mol. The van der Waals surface area contributed by atoms with Crippen LogP contribution in [0.2, 0.25) is 0 Å². The van der Waals surface area contributed by atoms with Crippen molar-refractivity contribution in [3.05, 3.63) is 17.7 Å². The molecule has 0 aromatic heterocycles. The molecule has 0 aliphatic heterocycles. The molecule has 0 amide bonds. The van der Waals surface area contributed by atoms with Gasteiger partial charge in [0, 0.05) is 30.8 Å². The minimum Gasteiger partial charge on any atom is -0.493 e. The van der Waals surface area contributed by atoms with Crippen LogP contribution in [-0.4, -0.2) is 32.5 Å². The molecule has 0 spiro atoms. The maximum Gasteiger partial charge on any atom is 0.162 e. The van der Waals surface area contributed by atoms with E-state index in [0.29, 0.717) is 11.7 Å². The van der Waals surface area contributed by atoms with Gasteiger partial charge in [-0.1, -0.05) is 13.8 Å². The van der Waals surface area contributed by atoms with Crippen molar-refractivity contribution in [1.82, 2.24) is 0 Å². The van der Waals surface area contributed by atoms with Gasteiger partial charge in [0.15, 0.2) is 11.5 Å². The Morgan fingerprint density at radius 1 is 1.16 bits per heavy atom. The topological polar surface area (TPSA) is 50.7 Å². The van der Waals surface area contributed by atoms with E-state index in [0.717, 1.165) is 23.5 Å². The van der Waals surface area contributed by atoms with Gasteiger partial charge in [-0.2, -0.15) is 0 Å². The van der Waals surface area contributed by atoms with E-state index in [2.05, 4.69) is 19.2 Å². The van der Waals surface area contributed by atoms with Crippen LogP contribution in [0.1, 0.15) is 19.4 Å². The molecule has 0 saturated heterocycles. The lowest BCUT2D eigenvalue weighted by Gasteiger charge is -2.21. The third-order valence-electron chi connectivity index (χ3n) is 3.46. The first kappa shape index (κ1) is 15.6. The van der Waals surface area contributed by atoms with E-state index in [1.54, 1.807) is 14.2 Å². The van der Waals surface area contributed by atoms with Gasteiger partial charge in [-0.15, -0.1) is 0 Å². The van der Waals surface area contributed by atoms with Crippen molar-refractivity contribution in [2.75, 3.05) is 32.7 Å². The number of nitrogens with one attached hydrogen (secondary N) is 1. The van der Waals surface area contributed by atoms with Crippen LogP contribution in [0, 0.1) is 18.8 Å². The summed E-state index contributed by atoms with van der Waals surface area (Å²) >= 11 is 0. The molecular weight excluding hydrogens is 242 g/mol. The maximum absolute atomic E-state index is 9.34. The Balaban J connectivity index is 2.83. The van der Waals surface area contributed by atoms with Crippen molar-refractivity contribution in [3.8, 4) is 11.5 Å². The van der Waals surface area contributed by atoms with E-state index < -0.39 is 0 Å². The highest BCUT2D eigenvalue weighted by Gasteiger charge is 2.13. The van der Waals surface area contributed by atoms with Crippen LogP contribution in [-0.2, 0) is 0 Å². The lowest BCUT2D eigenvalue weighted by Crippen LogP contribution is -2.23. The number of methoxy groups -OCH3 is 2. The minimum absolute atomic E-state index is 0.191. The van der Waals surface area contributed by atoms with Crippen LogP contribution in [0.4, 0.5) is 5.69 Å². The van der Waals surface area contributed by atoms with E-state index in [9.17, 15) is 5.11 Å². The minimum atomic E-state index is 0.191. The quantitative estimate of drug-likeness (QED) is 0.797. The lowest BCUT2D eigenvalue weighted by molar-refractivity contribution is 0.198. The Kier molecular flexibility index (Phi) is 5.96. The van der Waals surface area contributed by atoms with Gasteiger partial charge < -0.3 is 19.9 Å². The third kappa shape index (κ3) is 4.03. The van der Waals surface area contributed by atoms with Gasteiger partial charge in [-0.25, -0.2) is 0 Å². The van der Waals surface area contributed by atoms with Crippen molar-refractivity contribution in [1.29, 1.82) is 0 Å². The second kappa shape index (κ2) is 7.24. The Bertz CT molecular complexity index is 405. The number of hydrogen-bond donors (Lipinski definition) is 2. The molecule has 4 heteroatoms. The second-order valence-electron chi connectivity index (χ2n) is 5.09. The molecule has 19 heavy (non-hydrogen) atoms. The normalized spacial score (nSPS) is 12.4. The summed E-state index contributed by atoms with van der Waals surface area (Å²) in [6.45, 7) is 7.18. The molecule has 1 unspecified atom stereocenters. The van der Waals surface area contributed by atoms with Crippen LogP contribution in [0.25, 0.3) is 0 Å². The molecule has 1 aromatic carbocycles. The van der Waals surface area contributed by atoms with Crippen molar-refractivity contribution in [2.45, 2.75) is 20.8 Å². The molecule has 108 valence electrons. The van der Waals surface area contributed by atoms with Crippen molar-refractivity contribution in [2.24, 2.45) is 11.8 Å². The molecule has 0 saturated carbocycles. The first-order valence-electron chi connectivity index (χ1n) is 6.60. The molecule has 0 heterocycles. The zero-order valence-corrected chi connectivity index (χ0v) is 12.5. The second-order valence-corrected chi connectivity index (χ2v) is 5.09. The number of hydrogen-bond acceptors (Lipinski definition) is 4. The molecule has 0 bridgehead atoms. The highest BCUT2D eigenvalue weighted by Crippen LogP contribution is 2.33. The Morgan fingerprint density at radius 3 is 2.21 bits per heavy atom. The van der Waals surface area contributed by atoms with Crippen LogP contribution >= 0.6 is 0 Å². The van der Waals surface area contributed by atoms with E-state index in [4.69, 9.17) is 9.47 Å². The van der Waals surface area contributed by atoms with Gasteiger partial charge in [-0.05, 0) is 24.5 Å². The number of aliphatic hydroxyl groups is 1. The Labute approximate surface area is 115 Å². The van der Waals surface area contributed by atoms with Crippen LogP contribution < -0.4 is 14.8 Å². The zero-order valence-electron chi connectivity index (χ0n) is 12.5. The molecule has 2 N–H and O–H groups in total. The van der Waals surface area contributed by atoms with Gasteiger partial charge in [0.25, 0.3) is 0 Å². The van der Waals surface area contributed by atoms with Gasteiger partial charge >= 0.3 is 0 Å². The predicted molar refractivity (Wildman–Crippen MR) is 78.2 cm³/mol.